The predicted octanol–water partition coefficient (Wildman–Crippen LogP) is 2.53. The summed E-state index contributed by atoms with van der Waals surface area (Å²) in [5.74, 6) is 0.530. The van der Waals surface area contributed by atoms with Gasteiger partial charge in [0.15, 0.2) is 0 Å². The van der Waals surface area contributed by atoms with E-state index in [1.54, 1.807) is 12.1 Å². The molecular weight excluding hydrogens is 215 g/mol. The van der Waals surface area contributed by atoms with E-state index in [-0.39, 0.29) is 5.82 Å². The molecule has 2 atom stereocenters. The molecule has 0 aromatic heterocycles. The van der Waals surface area contributed by atoms with Gasteiger partial charge in [-0.3, -0.25) is 0 Å². The van der Waals surface area contributed by atoms with Crippen LogP contribution in [0, 0.1) is 11.7 Å². The minimum absolute atomic E-state index is 0.155. The highest BCUT2D eigenvalue weighted by atomic mass is 19.1. The highest BCUT2D eigenvalue weighted by Crippen LogP contribution is 2.41. The summed E-state index contributed by atoms with van der Waals surface area (Å²) >= 11 is 0. The fraction of sp³-hybridized carbons (Fsp3) is 0.571. The fourth-order valence-corrected chi connectivity index (χ4v) is 3.52. The van der Waals surface area contributed by atoms with E-state index in [1.165, 1.54) is 31.4 Å². The third kappa shape index (κ3) is 1.93. The zero-order valence-corrected chi connectivity index (χ0v) is 9.98. The SMILES string of the molecule is NCC1CC2CCC(C1)N2c1ccc(F)cc1. The van der Waals surface area contributed by atoms with Crippen LogP contribution in [-0.2, 0) is 0 Å². The zero-order valence-electron chi connectivity index (χ0n) is 9.98. The predicted molar refractivity (Wildman–Crippen MR) is 67.5 cm³/mol. The molecule has 2 aliphatic heterocycles. The summed E-state index contributed by atoms with van der Waals surface area (Å²) in [6, 6.07) is 8.17. The van der Waals surface area contributed by atoms with Gasteiger partial charge in [0.2, 0.25) is 0 Å². The van der Waals surface area contributed by atoms with Gasteiger partial charge in [0.1, 0.15) is 5.82 Å². The molecule has 92 valence electrons. The van der Waals surface area contributed by atoms with E-state index < -0.39 is 0 Å². The molecule has 3 rings (SSSR count). The van der Waals surface area contributed by atoms with Gasteiger partial charge in [0.25, 0.3) is 0 Å². The smallest absolute Gasteiger partial charge is 0.123 e. The maximum Gasteiger partial charge on any atom is 0.123 e. The molecule has 17 heavy (non-hydrogen) atoms. The Morgan fingerprint density at radius 3 is 2.24 bits per heavy atom. The Bertz CT molecular complexity index is 376. The number of piperidine rings is 1. The van der Waals surface area contributed by atoms with Crippen LogP contribution in [0.5, 0.6) is 0 Å². The standard InChI is InChI=1S/C14H19FN2/c15-11-1-3-12(4-2-11)17-13-5-6-14(17)8-10(7-13)9-16/h1-4,10,13-14H,5-9,16H2. The molecule has 2 heterocycles. The lowest BCUT2D eigenvalue weighted by atomic mass is 9.90. The van der Waals surface area contributed by atoms with Gasteiger partial charge in [-0.1, -0.05) is 0 Å². The Morgan fingerprint density at radius 2 is 1.71 bits per heavy atom. The average Bonchev–Trinajstić information content (AvgIpc) is 2.61. The molecule has 0 spiro atoms. The number of hydrogen-bond donors (Lipinski definition) is 1. The van der Waals surface area contributed by atoms with Crippen LogP contribution < -0.4 is 10.6 Å². The molecule has 3 heteroatoms. The third-order valence-electron chi connectivity index (χ3n) is 4.29. The number of benzene rings is 1. The lowest BCUT2D eigenvalue weighted by molar-refractivity contribution is 0.347. The van der Waals surface area contributed by atoms with Crippen LogP contribution in [-0.4, -0.2) is 18.6 Å². The lowest BCUT2D eigenvalue weighted by Gasteiger charge is -2.40. The maximum absolute atomic E-state index is 12.9. The first-order chi connectivity index (χ1) is 8.28. The fourth-order valence-electron chi connectivity index (χ4n) is 3.52. The van der Waals surface area contributed by atoms with Gasteiger partial charge < -0.3 is 10.6 Å². The van der Waals surface area contributed by atoms with Gasteiger partial charge in [-0.25, -0.2) is 4.39 Å². The minimum atomic E-state index is -0.155. The van der Waals surface area contributed by atoms with Crippen molar-refractivity contribution in [2.75, 3.05) is 11.4 Å². The largest absolute Gasteiger partial charge is 0.366 e. The van der Waals surface area contributed by atoms with Gasteiger partial charge in [0.05, 0.1) is 0 Å². The number of anilines is 1. The van der Waals surface area contributed by atoms with E-state index in [0.717, 1.165) is 6.54 Å². The van der Waals surface area contributed by atoms with Crippen LogP contribution in [0.1, 0.15) is 25.7 Å². The third-order valence-corrected chi connectivity index (χ3v) is 4.29. The quantitative estimate of drug-likeness (QED) is 0.852. The summed E-state index contributed by atoms with van der Waals surface area (Å²) in [6.07, 6.45) is 4.92. The molecule has 1 aromatic rings. The lowest BCUT2D eigenvalue weighted by Crippen LogP contribution is -2.44. The molecule has 2 fully saturated rings. The van der Waals surface area contributed by atoms with Crippen molar-refractivity contribution in [1.29, 1.82) is 0 Å². The summed E-state index contributed by atoms with van der Waals surface area (Å²) in [5, 5.41) is 0. The van der Waals surface area contributed by atoms with Crippen molar-refractivity contribution in [2.24, 2.45) is 11.7 Å². The Hall–Kier alpha value is -1.09. The van der Waals surface area contributed by atoms with Crippen molar-refractivity contribution >= 4 is 5.69 Å². The molecule has 2 bridgehead atoms. The van der Waals surface area contributed by atoms with Crippen LogP contribution in [0.4, 0.5) is 10.1 Å². The Balaban J connectivity index is 1.83. The Labute approximate surface area is 102 Å². The van der Waals surface area contributed by atoms with Crippen LogP contribution in [0.2, 0.25) is 0 Å². The summed E-state index contributed by atoms with van der Waals surface area (Å²) in [4.78, 5) is 2.49. The molecule has 1 aromatic carbocycles. The second-order valence-corrected chi connectivity index (χ2v) is 5.34. The monoisotopic (exact) mass is 234 g/mol. The summed E-state index contributed by atoms with van der Waals surface area (Å²) in [5.41, 5.74) is 6.97. The van der Waals surface area contributed by atoms with Crippen molar-refractivity contribution in [2.45, 2.75) is 37.8 Å². The van der Waals surface area contributed by atoms with Crippen molar-refractivity contribution < 1.29 is 4.39 Å². The van der Waals surface area contributed by atoms with Crippen molar-refractivity contribution in [3.05, 3.63) is 30.1 Å². The topological polar surface area (TPSA) is 29.3 Å². The summed E-state index contributed by atoms with van der Waals surface area (Å²) < 4.78 is 12.9. The van der Waals surface area contributed by atoms with Gasteiger partial charge in [0, 0.05) is 17.8 Å². The van der Waals surface area contributed by atoms with Crippen LogP contribution in [0.3, 0.4) is 0 Å². The zero-order chi connectivity index (χ0) is 11.8. The summed E-state index contributed by atoms with van der Waals surface area (Å²) in [7, 11) is 0. The van der Waals surface area contributed by atoms with E-state index in [4.69, 9.17) is 5.73 Å². The first-order valence-corrected chi connectivity index (χ1v) is 6.52. The van der Waals surface area contributed by atoms with Crippen molar-refractivity contribution in [3.63, 3.8) is 0 Å². The molecule has 0 aliphatic carbocycles. The van der Waals surface area contributed by atoms with E-state index in [0.29, 0.717) is 18.0 Å². The number of halogens is 1. The molecule has 0 amide bonds. The molecule has 2 aliphatic rings. The van der Waals surface area contributed by atoms with Gasteiger partial charge in [-0.15, -0.1) is 0 Å². The van der Waals surface area contributed by atoms with E-state index >= 15 is 0 Å². The minimum Gasteiger partial charge on any atom is -0.366 e. The van der Waals surface area contributed by atoms with Gasteiger partial charge >= 0.3 is 0 Å². The Morgan fingerprint density at radius 1 is 1.12 bits per heavy atom. The summed E-state index contributed by atoms with van der Waals surface area (Å²) in [6.45, 7) is 0.810. The number of nitrogens with two attached hydrogens (primary N) is 1. The van der Waals surface area contributed by atoms with Gasteiger partial charge in [-0.2, -0.15) is 0 Å². The van der Waals surface area contributed by atoms with Gasteiger partial charge in [-0.05, 0) is 62.4 Å². The molecule has 2 unspecified atom stereocenters. The van der Waals surface area contributed by atoms with Crippen LogP contribution in [0.25, 0.3) is 0 Å². The Kier molecular flexibility index (Phi) is 2.79. The molecule has 2 nitrogen and oxygen atoms in total. The van der Waals surface area contributed by atoms with E-state index in [2.05, 4.69) is 4.90 Å². The number of fused-ring (bicyclic) bond motifs is 2. The second kappa shape index (κ2) is 4.30. The first kappa shape index (κ1) is 11.0. The second-order valence-electron chi connectivity index (χ2n) is 5.34. The molecule has 0 radical (unpaired) electrons. The highest BCUT2D eigenvalue weighted by molar-refractivity contribution is 5.50. The number of nitrogens with zero attached hydrogens (tertiary/aromatic N) is 1. The normalized spacial score (nSPS) is 31.9. The van der Waals surface area contributed by atoms with Crippen molar-refractivity contribution in [3.8, 4) is 0 Å². The highest BCUT2D eigenvalue weighted by Gasteiger charge is 2.40. The molecule has 2 saturated heterocycles. The molecular formula is C14H19FN2. The van der Waals surface area contributed by atoms with E-state index in [9.17, 15) is 4.39 Å². The first-order valence-electron chi connectivity index (χ1n) is 6.52. The number of hydrogen-bond acceptors (Lipinski definition) is 2. The van der Waals surface area contributed by atoms with Crippen LogP contribution >= 0.6 is 0 Å². The van der Waals surface area contributed by atoms with Crippen LogP contribution in [0.15, 0.2) is 24.3 Å². The molecule has 0 saturated carbocycles. The van der Waals surface area contributed by atoms with Crippen molar-refractivity contribution in [1.82, 2.24) is 0 Å². The average molecular weight is 234 g/mol. The van der Waals surface area contributed by atoms with E-state index in [1.807, 2.05) is 12.1 Å². The maximum atomic E-state index is 12.9. The number of rotatable bonds is 2. The molecule has 2 N–H and O–H groups in total.